The highest BCUT2D eigenvalue weighted by Crippen LogP contribution is 2.40. The van der Waals surface area contributed by atoms with Crippen molar-refractivity contribution in [3.63, 3.8) is 0 Å². The summed E-state index contributed by atoms with van der Waals surface area (Å²) in [5, 5.41) is 13.1. The van der Waals surface area contributed by atoms with Gasteiger partial charge in [-0.1, -0.05) is 11.6 Å². The zero-order chi connectivity index (χ0) is 19.3. The minimum Gasteiger partial charge on any atom is -0.508 e. The van der Waals surface area contributed by atoms with Crippen LogP contribution >= 0.6 is 11.6 Å². The molecule has 0 atom stereocenters. The molecule has 138 valence electrons. The highest BCUT2D eigenvalue weighted by Gasteiger charge is 2.37. The molecular formula is C17H9ClF4N4O. The molecule has 1 N–H and O–H groups in total. The minimum absolute atomic E-state index is 0.0587. The second-order valence-electron chi connectivity index (χ2n) is 5.74. The van der Waals surface area contributed by atoms with Crippen molar-refractivity contribution in [3.05, 3.63) is 70.0 Å². The van der Waals surface area contributed by atoms with Crippen molar-refractivity contribution >= 4 is 17.3 Å². The van der Waals surface area contributed by atoms with Gasteiger partial charge in [-0.05, 0) is 30.3 Å². The normalized spacial score (nSPS) is 13.6. The van der Waals surface area contributed by atoms with E-state index in [0.717, 1.165) is 24.3 Å². The van der Waals surface area contributed by atoms with Crippen molar-refractivity contribution in [2.75, 3.05) is 0 Å². The standard InChI is InChI=1S/C17H9ClF4N4O/c18-15-10(17(20,21)22)2-4-12-14(15)16(9-5-8(27)1-3-11(9)19)23-6-13-24-7-25-26(12)13/h1-5,7,27H,6H2. The summed E-state index contributed by atoms with van der Waals surface area (Å²) >= 11 is 6.11. The first kappa shape index (κ1) is 17.5. The average Bonchev–Trinajstić information content (AvgIpc) is 3.00. The number of hydrogen-bond acceptors (Lipinski definition) is 4. The van der Waals surface area contributed by atoms with Crippen LogP contribution in [0.2, 0.25) is 5.02 Å². The average molecular weight is 397 g/mol. The van der Waals surface area contributed by atoms with E-state index < -0.39 is 22.6 Å². The Hall–Kier alpha value is -2.94. The van der Waals surface area contributed by atoms with E-state index in [9.17, 15) is 22.7 Å². The number of rotatable bonds is 1. The first-order valence-corrected chi connectivity index (χ1v) is 7.98. The molecule has 0 bridgehead atoms. The molecule has 10 heteroatoms. The Morgan fingerprint density at radius 1 is 1.15 bits per heavy atom. The van der Waals surface area contributed by atoms with Gasteiger partial charge in [0.25, 0.3) is 0 Å². The van der Waals surface area contributed by atoms with Crippen LogP contribution in [0.5, 0.6) is 5.75 Å². The van der Waals surface area contributed by atoms with Crippen LogP contribution < -0.4 is 0 Å². The fourth-order valence-electron chi connectivity index (χ4n) is 2.90. The highest BCUT2D eigenvalue weighted by molar-refractivity contribution is 6.37. The van der Waals surface area contributed by atoms with E-state index in [2.05, 4.69) is 15.1 Å². The third-order valence-electron chi connectivity index (χ3n) is 4.09. The zero-order valence-electron chi connectivity index (χ0n) is 13.3. The summed E-state index contributed by atoms with van der Waals surface area (Å²) in [5.41, 5.74) is -1.34. The molecule has 0 spiro atoms. The second kappa shape index (κ2) is 6.05. The number of phenols is 1. The van der Waals surface area contributed by atoms with E-state index in [0.29, 0.717) is 5.82 Å². The van der Waals surface area contributed by atoms with Gasteiger partial charge in [0.1, 0.15) is 17.9 Å². The van der Waals surface area contributed by atoms with Crippen LogP contribution in [-0.2, 0) is 12.7 Å². The second-order valence-corrected chi connectivity index (χ2v) is 6.11. The molecule has 0 fully saturated rings. The van der Waals surface area contributed by atoms with Crippen LogP contribution in [0.4, 0.5) is 17.6 Å². The van der Waals surface area contributed by atoms with Crippen LogP contribution in [0, 0.1) is 5.82 Å². The van der Waals surface area contributed by atoms with Crippen LogP contribution in [0.25, 0.3) is 5.69 Å². The van der Waals surface area contributed by atoms with E-state index in [1.165, 1.54) is 17.1 Å². The zero-order valence-corrected chi connectivity index (χ0v) is 14.1. The van der Waals surface area contributed by atoms with Gasteiger partial charge >= 0.3 is 6.18 Å². The van der Waals surface area contributed by atoms with Crippen molar-refractivity contribution in [3.8, 4) is 11.4 Å². The number of hydrogen-bond donors (Lipinski definition) is 1. The minimum atomic E-state index is -4.72. The quantitative estimate of drug-likeness (QED) is 0.629. The maximum atomic E-state index is 14.4. The number of fused-ring (bicyclic) bond motifs is 3. The topological polar surface area (TPSA) is 63.3 Å². The Balaban J connectivity index is 2.07. The summed E-state index contributed by atoms with van der Waals surface area (Å²) in [6.45, 7) is -0.0587. The molecule has 2 heterocycles. The van der Waals surface area contributed by atoms with Crippen molar-refractivity contribution in [1.29, 1.82) is 0 Å². The number of phenolic OH excluding ortho intramolecular Hbond substituents is 1. The van der Waals surface area contributed by atoms with Gasteiger partial charge in [-0.2, -0.15) is 18.3 Å². The van der Waals surface area contributed by atoms with Gasteiger partial charge in [0.15, 0.2) is 5.82 Å². The fourth-order valence-corrected chi connectivity index (χ4v) is 3.26. The van der Waals surface area contributed by atoms with E-state index in [-0.39, 0.29) is 34.8 Å². The van der Waals surface area contributed by atoms with E-state index >= 15 is 0 Å². The number of benzene rings is 2. The van der Waals surface area contributed by atoms with E-state index in [1.54, 1.807) is 0 Å². The first-order valence-electron chi connectivity index (χ1n) is 7.60. The molecule has 0 saturated heterocycles. The van der Waals surface area contributed by atoms with Crippen LogP contribution in [0.3, 0.4) is 0 Å². The Kier molecular flexibility index (Phi) is 3.92. The predicted octanol–water partition coefficient (Wildman–Crippen LogP) is 4.14. The molecule has 1 aliphatic rings. The highest BCUT2D eigenvalue weighted by atomic mass is 35.5. The number of halogens is 5. The number of alkyl halides is 3. The summed E-state index contributed by atoms with van der Waals surface area (Å²) < 4.78 is 55.8. The van der Waals surface area contributed by atoms with Crippen molar-refractivity contribution < 1.29 is 22.7 Å². The third-order valence-corrected chi connectivity index (χ3v) is 4.48. The van der Waals surface area contributed by atoms with Gasteiger partial charge in [0.2, 0.25) is 0 Å². The van der Waals surface area contributed by atoms with Crippen LogP contribution in [0.1, 0.15) is 22.5 Å². The first-order chi connectivity index (χ1) is 12.8. The lowest BCUT2D eigenvalue weighted by molar-refractivity contribution is -0.137. The molecular weight excluding hydrogens is 388 g/mol. The Morgan fingerprint density at radius 3 is 2.67 bits per heavy atom. The summed E-state index contributed by atoms with van der Waals surface area (Å²) in [5.74, 6) is -0.681. The SMILES string of the molecule is Oc1ccc(F)c(C2=NCc3ncnn3-c3ccc(C(F)(F)F)c(Cl)c32)c1. The Bertz CT molecular complexity index is 1090. The van der Waals surface area contributed by atoms with Gasteiger partial charge < -0.3 is 5.11 Å². The van der Waals surface area contributed by atoms with Gasteiger partial charge in [0.05, 0.1) is 28.5 Å². The van der Waals surface area contributed by atoms with E-state index in [4.69, 9.17) is 11.6 Å². The lowest BCUT2D eigenvalue weighted by atomic mass is 9.97. The van der Waals surface area contributed by atoms with Crippen LogP contribution in [0.15, 0.2) is 41.7 Å². The molecule has 4 rings (SSSR count). The predicted molar refractivity (Wildman–Crippen MR) is 88.8 cm³/mol. The largest absolute Gasteiger partial charge is 0.508 e. The number of aliphatic imine (C=N–C) groups is 1. The number of aromatic nitrogens is 3. The van der Waals surface area contributed by atoms with Gasteiger partial charge in [-0.3, -0.25) is 4.99 Å². The van der Waals surface area contributed by atoms with Gasteiger partial charge in [-0.15, -0.1) is 0 Å². The van der Waals surface area contributed by atoms with Crippen molar-refractivity contribution in [2.24, 2.45) is 4.99 Å². The molecule has 0 radical (unpaired) electrons. The molecule has 1 aromatic heterocycles. The van der Waals surface area contributed by atoms with Gasteiger partial charge in [-0.25, -0.2) is 14.1 Å². The molecule has 2 aromatic carbocycles. The molecule has 27 heavy (non-hydrogen) atoms. The summed E-state index contributed by atoms with van der Waals surface area (Å²) in [7, 11) is 0. The summed E-state index contributed by atoms with van der Waals surface area (Å²) in [6.07, 6.45) is -3.48. The molecule has 0 amide bonds. The van der Waals surface area contributed by atoms with Crippen molar-refractivity contribution in [1.82, 2.24) is 14.8 Å². The molecule has 0 saturated carbocycles. The third kappa shape index (κ3) is 2.84. The van der Waals surface area contributed by atoms with Crippen molar-refractivity contribution in [2.45, 2.75) is 12.7 Å². The molecule has 3 aromatic rings. The number of aromatic hydroxyl groups is 1. The Labute approximate surface area is 154 Å². The summed E-state index contributed by atoms with van der Waals surface area (Å²) in [6, 6.07) is 5.21. The molecule has 0 unspecified atom stereocenters. The molecule has 1 aliphatic heterocycles. The maximum absolute atomic E-state index is 14.4. The maximum Gasteiger partial charge on any atom is 0.417 e. The number of nitrogens with zero attached hydrogens (tertiary/aromatic N) is 4. The lowest BCUT2D eigenvalue weighted by Gasteiger charge is -2.17. The smallest absolute Gasteiger partial charge is 0.417 e. The lowest BCUT2D eigenvalue weighted by Crippen LogP contribution is -2.15. The van der Waals surface area contributed by atoms with E-state index in [1.807, 2.05) is 0 Å². The Morgan fingerprint density at radius 2 is 1.93 bits per heavy atom. The molecule has 5 nitrogen and oxygen atoms in total. The monoisotopic (exact) mass is 396 g/mol. The van der Waals surface area contributed by atoms with Gasteiger partial charge in [0, 0.05) is 11.1 Å². The summed E-state index contributed by atoms with van der Waals surface area (Å²) in [4.78, 5) is 8.25. The van der Waals surface area contributed by atoms with Crippen LogP contribution in [-0.4, -0.2) is 25.6 Å². The fraction of sp³-hybridized carbons (Fsp3) is 0.118. The molecule has 0 aliphatic carbocycles.